The average molecular weight is 308 g/mol. The maximum atomic E-state index is 10.9. The first-order valence-electron chi connectivity index (χ1n) is 6.17. The number of aromatic nitrogens is 1. The number of benzene rings is 1. The second-order valence-electron chi connectivity index (χ2n) is 4.39. The van der Waals surface area contributed by atoms with Gasteiger partial charge in [0, 0.05) is 5.56 Å². The van der Waals surface area contributed by atoms with E-state index < -0.39 is 5.97 Å². The van der Waals surface area contributed by atoms with Crippen molar-refractivity contribution in [3.63, 3.8) is 0 Å². The second-order valence-corrected chi connectivity index (χ2v) is 4.75. The van der Waals surface area contributed by atoms with Crippen molar-refractivity contribution in [2.45, 2.75) is 13.5 Å². The molecule has 2 rings (SSSR count). The van der Waals surface area contributed by atoms with Gasteiger partial charge < -0.3 is 14.6 Å². The van der Waals surface area contributed by atoms with Crippen molar-refractivity contribution in [2.75, 3.05) is 7.11 Å². The summed E-state index contributed by atoms with van der Waals surface area (Å²) in [5.41, 5.74) is 1.52. The van der Waals surface area contributed by atoms with Crippen LogP contribution in [0.5, 0.6) is 11.6 Å². The molecule has 0 atom stereocenters. The van der Waals surface area contributed by atoms with E-state index >= 15 is 0 Å². The normalized spacial score (nSPS) is 10.2. The molecule has 0 saturated heterocycles. The first kappa shape index (κ1) is 15.1. The van der Waals surface area contributed by atoms with E-state index in [1.807, 2.05) is 24.3 Å². The van der Waals surface area contributed by atoms with Crippen LogP contribution in [0, 0.1) is 6.92 Å². The summed E-state index contributed by atoms with van der Waals surface area (Å²) in [7, 11) is 1.60. The number of hydrogen-bond acceptors (Lipinski definition) is 4. The monoisotopic (exact) mass is 307 g/mol. The number of hydrogen-bond donors (Lipinski definition) is 1. The van der Waals surface area contributed by atoms with Gasteiger partial charge in [-0.3, -0.25) is 0 Å². The van der Waals surface area contributed by atoms with Crippen LogP contribution in [0.15, 0.2) is 30.3 Å². The van der Waals surface area contributed by atoms with Crippen LogP contribution < -0.4 is 9.47 Å². The minimum atomic E-state index is -1.11. The van der Waals surface area contributed by atoms with Crippen LogP contribution in [0.25, 0.3) is 0 Å². The van der Waals surface area contributed by atoms with Crippen LogP contribution in [0.1, 0.15) is 21.5 Å². The number of ether oxygens (including phenoxy) is 2. The van der Waals surface area contributed by atoms with Gasteiger partial charge in [-0.1, -0.05) is 23.7 Å². The van der Waals surface area contributed by atoms with Gasteiger partial charge in [0.05, 0.1) is 12.7 Å². The summed E-state index contributed by atoms with van der Waals surface area (Å²) in [6.45, 7) is 2.03. The molecule has 5 nitrogen and oxygen atoms in total. The van der Waals surface area contributed by atoms with Crippen LogP contribution in [-0.2, 0) is 6.61 Å². The molecule has 6 heteroatoms. The highest BCUT2D eigenvalue weighted by Gasteiger charge is 2.14. The number of carboxylic acid groups (broad SMARTS) is 1. The molecule has 1 aromatic carbocycles. The minimum Gasteiger partial charge on any atom is -0.497 e. The third kappa shape index (κ3) is 3.64. The number of aromatic carboxylic acids is 1. The predicted molar refractivity (Wildman–Crippen MR) is 78.3 cm³/mol. The lowest BCUT2D eigenvalue weighted by Gasteiger charge is -2.10. The van der Waals surface area contributed by atoms with Crippen LogP contribution in [0.2, 0.25) is 5.15 Å². The molecule has 0 bridgehead atoms. The Morgan fingerprint density at radius 1 is 1.33 bits per heavy atom. The van der Waals surface area contributed by atoms with Crippen molar-refractivity contribution in [3.8, 4) is 11.6 Å². The summed E-state index contributed by atoms with van der Waals surface area (Å²) >= 11 is 5.83. The predicted octanol–water partition coefficient (Wildman–Crippen LogP) is 3.33. The number of rotatable bonds is 5. The fraction of sp³-hybridized carbons (Fsp3) is 0.200. The number of carboxylic acids is 1. The van der Waals surface area contributed by atoms with Gasteiger partial charge in [0.15, 0.2) is 0 Å². The summed E-state index contributed by atoms with van der Waals surface area (Å²) < 4.78 is 10.7. The molecule has 1 N–H and O–H groups in total. The molecular formula is C15H14ClNO4. The highest BCUT2D eigenvalue weighted by atomic mass is 35.5. The molecular weight excluding hydrogens is 294 g/mol. The van der Waals surface area contributed by atoms with Crippen LogP contribution in [-0.4, -0.2) is 23.2 Å². The molecule has 0 aliphatic rings. The number of aryl methyl sites for hydroxylation is 1. The Morgan fingerprint density at radius 2 is 2.00 bits per heavy atom. The molecule has 1 heterocycles. The molecule has 21 heavy (non-hydrogen) atoms. The number of halogens is 1. The molecule has 0 spiro atoms. The zero-order chi connectivity index (χ0) is 15.4. The second kappa shape index (κ2) is 6.45. The van der Waals surface area contributed by atoms with Crippen LogP contribution in [0.3, 0.4) is 0 Å². The van der Waals surface area contributed by atoms with E-state index in [-0.39, 0.29) is 10.7 Å². The number of methoxy groups -OCH3 is 1. The van der Waals surface area contributed by atoms with E-state index in [9.17, 15) is 4.79 Å². The molecule has 0 unspecified atom stereocenters. The first-order chi connectivity index (χ1) is 10.0. The average Bonchev–Trinajstić information content (AvgIpc) is 2.48. The van der Waals surface area contributed by atoms with Crippen molar-refractivity contribution in [1.82, 2.24) is 4.98 Å². The Labute approximate surface area is 127 Å². The third-order valence-electron chi connectivity index (χ3n) is 2.89. The first-order valence-corrected chi connectivity index (χ1v) is 6.55. The van der Waals surface area contributed by atoms with Gasteiger partial charge in [-0.2, -0.15) is 0 Å². The fourth-order valence-corrected chi connectivity index (χ4v) is 1.96. The molecule has 0 aliphatic heterocycles. The van der Waals surface area contributed by atoms with E-state index in [1.165, 1.54) is 6.07 Å². The molecule has 1 aromatic heterocycles. The largest absolute Gasteiger partial charge is 0.497 e. The molecule has 0 radical (unpaired) electrons. The Bertz CT molecular complexity index is 655. The molecule has 0 amide bonds. The van der Waals surface area contributed by atoms with Crippen molar-refractivity contribution in [3.05, 3.63) is 52.2 Å². The minimum absolute atomic E-state index is 0.0361. The summed E-state index contributed by atoms with van der Waals surface area (Å²) in [4.78, 5) is 14.9. The molecule has 110 valence electrons. The van der Waals surface area contributed by atoms with E-state index in [0.29, 0.717) is 18.1 Å². The number of carbonyl (C=O) groups is 1. The smallest absolute Gasteiger partial charge is 0.338 e. The van der Waals surface area contributed by atoms with Gasteiger partial charge in [0.1, 0.15) is 17.5 Å². The summed E-state index contributed by atoms with van der Waals surface area (Å²) in [5.74, 6) is -0.0277. The summed E-state index contributed by atoms with van der Waals surface area (Å²) in [6, 6.07) is 8.86. The van der Waals surface area contributed by atoms with Crippen LogP contribution in [0.4, 0.5) is 0 Å². The Balaban J connectivity index is 2.12. The Hall–Kier alpha value is -2.27. The van der Waals surface area contributed by atoms with Crippen molar-refractivity contribution >= 4 is 17.6 Å². The van der Waals surface area contributed by atoms with Gasteiger partial charge in [0.25, 0.3) is 0 Å². The number of nitrogens with zero attached hydrogens (tertiary/aromatic N) is 1. The van der Waals surface area contributed by atoms with Crippen molar-refractivity contribution < 1.29 is 19.4 Å². The van der Waals surface area contributed by atoms with Gasteiger partial charge >= 0.3 is 5.97 Å². The van der Waals surface area contributed by atoms with Gasteiger partial charge in [0.2, 0.25) is 5.88 Å². The molecule has 0 fully saturated rings. The zero-order valence-electron chi connectivity index (χ0n) is 11.6. The molecule has 0 saturated carbocycles. The highest BCUT2D eigenvalue weighted by Crippen LogP contribution is 2.23. The Kier molecular flexibility index (Phi) is 4.65. The molecule has 2 aromatic rings. The lowest BCUT2D eigenvalue weighted by molar-refractivity contribution is 0.0696. The number of pyridine rings is 1. The van der Waals surface area contributed by atoms with E-state index in [4.69, 9.17) is 26.2 Å². The fourth-order valence-electron chi connectivity index (χ4n) is 1.74. The lowest BCUT2D eigenvalue weighted by Crippen LogP contribution is -2.04. The topological polar surface area (TPSA) is 68.7 Å². The maximum Gasteiger partial charge on any atom is 0.338 e. The van der Waals surface area contributed by atoms with E-state index in [2.05, 4.69) is 4.98 Å². The maximum absolute atomic E-state index is 10.9. The lowest BCUT2D eigenvalue weighted by atomic mass is 10.2. The van der Waals surface area contributed by atoms with Crippen LogP contribution >= 0.6 is 11.6 Å². The van der Waals surface area contributed by atoms with Gasteiger partial charge in [-0.15, -0.1) is 0 Å². The van der Waals surface area contributed by atoms with Crippen molar-refractivity contribution in [1.29, 1.82) is 0 Å². The standard InChI is InChI=1S/C15H14ClNO4/c1-9-7-12(15(18)19)13(16)17-14(9)21-8-10-3-5-11(20-2)6-4-10/h3-7H,8H2,1-2H3,(H,18,19). The highest BCUT2D eigenvalue weighted by molar-refractivity contribution is 6.32. The van der Waals surface area contributed by atoms with Gasteiger partial charge in [-0.05, 0) is 30.7 Å². The van der Waals surface area contributed by atoms with Crippen molar-refractivity contribution in [2.24, 2.45) is 0 Å². The van der Waals surface area contributed by atoms with E-state index in [1.54, 1.807) is 14.0 Å². The summed E-state index contributed by atoms with van der Waals surface area (Å²) in [5, 5.41) is 8.88. The molecule has 0 aliphatic carbocycles. The Morgan fingerprint density at radius 3 is 2.57 bits per heavy atom. The van der Waals surface area contributed by atoms with E-state index in [0.717, 1.165) is 11.3 Å². The SMILES string of the molecule is COc1ccc(COc2nc(Cl)c(C(=O)O)cc2C)cc1. The zero-order valence-corrected chi connectivity index (χ0v) is 12.3. The summed E-state index contributed by atoms with van der Waals surface area (Å²) in [6.07, 6.45) is 0. The van der Waals surface area contributed by atoms with Gasteiger partial charge in [-0.25, -0.2) is 9.78 Å². The quantitative estimate of drug-likeness (QED) is 0.858. The third-order valence-corrected chi connectivity index (χ3v) is 3.17.